The molecular formula is C18H15ClN4O. The number of nitrogens with zero attached hydrogens (tertiary/aromatic N) is 1. The number of hydrogen-bond acceptors (Lipinski definition) is 3. The van der Waals surface area contributed by atoms with Crippen LogP contribution in [0.4, 0.5) is 5.69 Å². The van der Waals surface area contributed by atoms with Gasteiger partial charge in [0, 0.05) is 39.1 Å². The van der Waals surface area contributed by atoms with Crippen LogP contribution in [0.3, 0.4) is 0 Å². The monoisotopic (exact) mass is 338 g/mol. The zero-order valence-corrected chi connectivity index (χ0v) is 13.7. The van der Waals surface area contributed by atoms with Crippen LogP contribution in [0, 0.1) is 6.92 Å². The second-order valence-corrected chi connectivity index (χ2v) is 6.27. The van der Waals surface area contributed by atoms with Gasteiger partial charge in [0.2, 0.25) is 0 Å². The number of nitrogens with one attached hydrogen (secondary N) is 3. The highest BCUT2D eigenvalue weighted by molar-refractivity contribution is 6.31. The Kier molecular flexibility index (Phi) is 3.50. The van der Waals surface area contributed by atoms with Gasteiger partial charge in [0.25, 0.3) is 5.56 Å². The van der Waals surface area contributed by atoms with E-state index in [0.29, 0.717) is 17.1 Å². The molecule has 24 heavy (non-hydrogen) atoms. The van der Waals surface area contributed by atoms with Gasteiger partial charge in [-0.3, -0.25) is 9.89 Å². The van der Waals surface area contributed by atoms with E-state index in [1.807, 2.05) is 37.3 Å². The van der Waals surface area contributed by atoms with Crippen LogP contribution in [0.15, 0.2) is 47.4 Å². The molecule has 2 heterocycles. The molecule has 0 atom stereocenters. The lowest BCUT2D eigenvalue weighted by Crippen LogP contribution is -2.15. The minimum atomic E-state index is -0.0978. The quantitative estimate of drug-likeness (QED) is 0.529. The molecule has 2 aromatic carbocycles. The Hall–Kier alpha value is -2.79. The van der Waals surface area contributed by atoms with Crippen LogP contribution in [0.2, 0.25) is 5.02 Å². The van der Waals surface area contributed by atoms with Gasteiger partial charge >= 0.3 is 0 Å². The molecule has 0 spiro atoms. The number of pyridine rings is 1. The van der Waals surface area contributed by atoms with Crippen LogP contribution < -0.4 is 10.9 Å². The molecule has 0 radical (unpaired) electrons. The van der Waals surface area contributed by atoms with E-state index in [2.05, 4.69) is 20.5 Å². The number of hydrogen-bond donors (Lipinski definition) is 3. The van der Waals surface area contributed by atoms with Crippen molar-refractivity contribution in [2.45, 2.75) is 13.5 Å². The summed E-state index contributed by atoms with van der Waals surface area (Å²) < 4.78 is 0. The number of aromatic amines is 2. The number of aryl methyl sites for hydroxylation is 1. The zero-order chi connectivity index (χ0) is 16.7. The number of benzene rings is 2. The van der Waals surface area contributed by atoms with Gasteiger partial charge in [-0.1, -0.05) is 11.6 Å². The normalized spacial score (nSPS) is 11.2. The molecule has 0 saturated carbocycles. The lowest BCUT2D eigenvalue weighted by atomic mass is 10.1. The van der Waals surface area contributed by atoms with E-state index in [4.69, 9.17) is 11.6 Å². The number of anilines is 1. The highest BCUT2D eigenvalue weighted by atomic mass is 35.5. The molecule has 0 aliphatic rings. The molecule has 0 unspecified atom stereocenters. The van der Waals surface area contributed by atoms with Gasteiger partial charge in [-0.2, -0.15) is 5.10 Å². The Balaban J connectivity index is 1.67. The van der Waals surface area contributed by atoms with Crippen LogP contribution >= 0.6 is 11.6 Å². The van der Waals surface area contributed by atoms with Gasteiger partial charge in [0.05, 0.1) is 11.7 Å². The van der Waals surface area contributed by atoms with Gasteiger partial charge in [0.1, 0.15) is 0 Å². The van der Waals surface area contributed by atoms with Crippen LogP contribution in [-0.4, -0.2) is 15.2 Å². The van der Waals surface area contributed by atoms with E-state index in [1.54, 1.807) is 12.3 Å². The van der Waals surface area contributed by atoms with E-state index >= 15 is 0 Å². The molecule has 6 heteroatoms. The SMILES string of the molecule is Cc1cc2[nH]ncc2cc1NCc1cc2cc(Cl)ccc2[nH]c1=O. The second kappa shape index (κ2) is 5.69. The largest absolute Gasteiger partial charge is 0.381 e. The first-order chi connectivity index (χ1) is 11.6. The first-order valence-corrected chi connectivity index (χ1v) is 7.97. The number of halogens is 1. The third-order valence-corrected chi connectivity index (χ3v) is 4.37. The maximum Gasteiger partial charge on any atom is 0.253 e. The Morgan fingerprint density at radius 1 is 1.12 bits per heavy atom. The predicted molar refractivity (Wildman–Crippen MR) is 97.7 cm³/mol. The van der Waals surface area contributed by atoms with Crippen molar-refractivity contribution in [2.24, 2.45) is 0 Å². The fraction of sp³-hybridized carbons (Fsp3) is 0.111. The minimum Gasteiger partial charge on any atom is -0.381 e. The number of rotatable bonds is 3. The number of aromatic nitrogens is 3. The number of H-pyrrole nitrogens is 2. The van der Waals surface area contributed by atoms with Gasteiger partial charge < -0.3 is 10.3 Å². The smallest absolute Gasteiger partial charge is 0.253 e. The topological polar surface area (TPSA) is 73.6 Å². The summed E-state index contributed by atoms with van der Waals surface area (Å²) in [7, 11) is 0. The fourth-order valence-electron chi connectivity index (χ4n) is 2.83. The molecular weight excluding hydrogens is 324 g/mol. The first kappa shape index (κ1) is 14.8. The molecule has 5 nitrogen and oxygen atoms in total. The van der Waals surface area contributed by atoms with Crippen molar-refractivity contribution in [2.75, 3.05) is 5.32 Å². The molecule has 0 fully saturated rings. The lowest BCUT2D eigenvalue weighted by Gasteiger charge is -2.10. The predicted octanol–water partition coefficient (Wildman–Crippen LogP) is 3.98. The average molecular weight is 339 g/mol. The third-order valence-electron chi connectivity index (χ3n) is 4.14. The van der Waals surface area contributed by atoms with Crippen LogP contribution in [0.5, 0.6) is 0 Å². The fourth-order valence-corrected chi connectivity index (χ4v) is 3.02. The van der Waals surface area contributed by atoms with Gasteiger partial charge in [-0.25, -0.2) is 0 Å². The molecule has 2 aromatic heterocycles. The van der Waals surface area contributed by atoms with Crippen molar-refractivity contribution >= 4 is 39.1 Å². The lowest BCUT2D eigenvalue weighted by molar-refractivity contribution is 1.09. The van der Waals surface area contributed by atoms with Crippen molar-refractivity contribution in [3.63, 3.8) is 0 Å². The van der Waals surface area contributed by atoms with Crippen LogP contribution in [0.25, 0.3) is 21.8 Å². The Bertz CT molecular complexity index is 1110. The second-order valence-electron chi connectivity index (χ2n) is 5.83. The Morgan fingerprint density at radius 3 is 2.88 bits per heavy atom. The molecule has 0 aliphatic carbocycles. The molecule has 0 aliphatic heterocycles. The van der Waals surface area contributed by atoms with E-state index in [1.165, 1.54) is 0 Å². The summed E-state index contributed by atoms with van der Waals surface area (Å²) in [5, 5.41) is 12.9. The van der Waals surface area contributed by atoms with E-state index in [0.717, 1.165) is 33.1 Å². The zero-order valence-electron chi connectivity index (χ0n) is 13.0. The number of fused-ring (bicyclic) bond motifs is 2. The highest BCUT2D eigenvalue weighted by Crippen LogP contribution is 2.23. The van der Waals surface area contributed by atoms with Crippen LogP contribution in [-0.2, 0) is 6.54 Å². The molecule has 4 rings (SSSR count). The summed E-state index contributed by atoms with van der Waals surface area (Å²) in [6, 6.07) is 11.4. The highest BCUT2D eigenvalue weighted by Gasteiger charge is 2.06. The molecule has 0 bridgehead atoms. The maximum absolute atomic E-state index is 12.3. The van der Waals surface area contributed by atoms with Crippen molar-refractivity contribution in [1.29, 1.82) is 0 Å². The van der Waals surface area contributed by atoms with Crippen LogP contribution in [0.1, 0.15) is 11.1 Å². The van der Waals surface area contributed by atoms with E-state index in [9.17, 15) is 4.79 Å². The third kappa shape index (κ3) is 2.63. The Morgan fingerprint density at radius 2 is 2.00 bits per heavy atom. The molecule has 0 saturated heterocycles. The summed E-state index contributed by atoms with van der Waals surface area (Å²) in [4.78, 5) is 15.1. The van der Waals surface area contributed by atoms with E-state index in [-0.39, 0.29) is 5.56 Å². The van der Waals surface area contributed by atoms with Crippen molar-refractivity contribution in [3.05, 3.63) is 69.1 Å². The maximum atomic E-state index is 12.3. The summed E-state index contributed by atoms with van der Waals surface area (Å²) >= 11 is 6.03. The molecule has 120 valence electrons. The van der Waals surface area contributed by atoms with Gasteiger partial charge in [-0.15, -0.1) is 0 Å². The molecule has 0 amide bonds. The summed E-state index contributed by atoms with van der Waals surface area (Å²) in [6.07, 6.45) is 1.78. The minimum absolute atomic E-state index is 0.0978. The van der Waals surface area contributed by atoms with E-state index < -0.39 is 0 Å². The van der Waals surface area contributed by atoms with Crippen molar-refractivity contribution in [1.82, 2.24) is 15.2 Å². The van der Waals surface area contributed by atoms with Crippen molar-refractivity contribution < 1.29 is 0 Å². The standard InChI is InChI=1S/C18H15ClN4O/c1-10-4-17-12(9-21-23-17)7-16(10)20-8-13-5-11-6-14(19)2-3-15(11)22-18(13)24/h2-7,9,20H,8H2,1H3,(H,21,23)(H,22,24). The summed E-state index contributed by atoms with van der Waals surface area (Å²) in [5.41, 5.74) is 4.41. The summed E-state index contributed by atoms with van der Waals surface area (Å²) in [5.74, 6) is 0. The first-order valence-electron chi connectivity index (χ1n) is 7.59. The molecule has 4 aromatic rings. The average Bonchev–Trinajstić information content (AvgIpc) is 3.00. The summed E-state index contributed by atoms with van der Waals surface area (Å²) in [6.45, 7) is 2.45. The van der Waals surface area contributed by atoms with Gasteiger partial charge in [0.15, 0.2) is 0 Å². The van der Waals surface area contributed by atoms with Gasteiger partial charge in [-0.05, 0) is 48.9 Å². The van der Waals surface area contributed by atoms with Crippen molar-refractivity contribution in [3.8, 4) is 0 Å². The molecule has 3 N–H and O–H groups in total. The Labute approximate surface area is 142 Å².